The van der Waals surface area contributed by atoms with Crippen molar-refractivity contribution >= 4 is 43.1 Å². The van der Waals surface area contributed by atoms with Gasteiger partial charge in [-0.3, -0.25) is 4.90 Å². The number of halogens is 3. The van der Waals surface area contributed by atoms with E-state index in [4.69, 9.17) is 20.4 Å². The highest BCUT2D eigenvalue weighted by atomic mass is 32.1. The number of nitrogens with zero attached hydrogens (tertiary/aromatic N) is 5. The number of nitriles is 1. The van der Waals surface area contributed by atoms with Crippen LogP contribution in [0, 0.1) is 23.0 Å². The van der Waals surface area contributed by atoms with Crippen LogP contribution in [0.5, 0.6) is 6.01 Å². The largest absolute Gasteiger partial charge is 0.461 e. The molecule has 4 aromatic rings. The molecule has 3 fully saturated rings. The van der Waals surface area contributed by atoms with E-state index in [2.05, 4.69) is 23.2 Å². The average molecular weight is 608 g/mol. The minimum absolute atomic E-state index is 0.114. The van der Waals surface area contributed by atoms with Crippen LogP contribution in [0.2, 0.25) is 0 Å². The number of nitrogens with one attached hydrogen (secondary N) is 1. The zero-order valence-corrected chi connectivity index (χ0v) is 24.8. The number of alkyl halides is 1. The van der Waals surface area contributed by atoms with E-state index in [1.165, 1.54) is 18.2 Å². The maximum Gasteiger partial charge on any atom is 0.319 e. The van der Waals surface area contributed by atoms with Gasteiger partial charge in [0.15, 0.2) is 0 Å². The minimum Gasteiger partial charge on any atom is -0.461 e. The lowest BCUT2D eigenvalue weighted by Crippen LogP contribution is -2.43. The summed E-state index contributed by atoms with van der Waals surface area (Å²) in [5.41, 5.74) is 6.74. The summed E-state index contributed by atoms with van der Waals surface area (Å²) in [6.07, 6.45) is 2.25. The highest BCUT2D eigenvalue weighted by Gasteiger charge is 2.49. The van der Waals surface area contributed by atoms with Crippen LogP contribution in [-0.2, 0) is 0 Å². The zero-order chi connectivity index (χ0) is 30.0. The van der Waals surface area contributed by atoms with E-state index in [0.717, 1.165) is 43.7 Å². The standard InChI is InChI=1S/C31H32F3N7OS/c1-16-25(6-8-37-16)40(2)29-20-10-23(34)19(18-4-5-22(33)27-26(18)21(13-35)28(36)43-27)11-24(20)38-30(39-29)42-15-31-7-3-9-41(31)14-17(32)12-31/h4-5,10-11,16-17,25,37H,3,6-9,12,14-15,36H2,1-2H3/t16?,17-,25?,31+/m1/s1. The molecule has 8 nitrogen and oxygen atoms in total. The Balaban J connectivity index is 1.36. The number of rotatable bonds is 6. The Labute approximate surface area is 251 Å². The van der Waals surface area contributed by atoms with Gasteiger partial charge in [0.25, 0.3) is 0 Å². The number of hydrogen-bond acceptors (Lipinski definition) is 9. The number of ether oxygens (including phenoxy) is 1. The minimum atomic E-state index is -0.887. The van der Waals surface area contributed by atoms with Crippen molar-refractivity contribution in [3.8, 4) is 23.2 Å². The Morgan fingerprint density at radius 2 is 2.09 bits per heavy atom. The SMILES string of the molecule is CC1NCCC1N(C)c1nc(OC[C@@]23CCCN2C[C@H](F)C3)nc2cc(-c3ccc(F)c4sc(N)c(C#N)c34)c(F)cc12. The fraction of sp³-hybridized carbons (Fsp3) is 0.452. The molecule has 224 valence electrons. The molecule has 7 rings (SSSR count). The second kappa shape index (κ2) is 10.5. The van der Waals surface area contributed by atoms with Crippen molar-refractivity contribution in [3.05, 3.63) is 41.5 Å². The first-order valence-corrected chi connectivity index (χ1v) is 15.4. The summed E-state index contributed by atoms with van der Waals surface area (Å²) in [5, 5.41) is 14.2. The molecule has 0 radical (unpaired) electrons. The summed E-state index contributed by atoms with van der Waals surface area (Å²) >= 11 is 0.966. The molecule has 3 aliphatic rings. The van der Waals surface area contributed by atoms with Gasteiger partial charge in [-0.05, 0) is 63.0 Å². The molecule has 3 aliphatic heterocycles. The fourth-order valence-corrected chi connectivity index (χ4v) is 8.30. The van der Waals surface area contributed by atoms with Crippen LogP contribution < -0.4 is 20.7 Å². The van der Waals surface area contributed by atoms with Gasteiger partial charge < -0.3 is 20.7 Å². The smallest absolute Gasteiger partial charge is 0.319 e. The van der Waals surface area contributed by atoms with Crippen LogP contribution >= 0.6 is 11.3 Å². The third-order valence-corrected chi connectivity index (χ3v) is 10.5. The number of nitrogen functional groups attached to an aromatic ring is 1. The highest BCUT2D eigenvalue weighted by molar-refractivity contribution is 7.23. The maximum absolute atomic E-state index is 16.0. The molecule has 2 aromatic heterocycles. The highest BCUT2D eigenvalue weighted by Crippen LogP contribution is 2.44. The van der Waals surface area contributed by atoms with Gasteiger partial charge in [-0.2, -0.15) is 15.2 Å². The van der Waals surface area contributed by atoms with Gasteiger partial charge >= 0.3 is 6.01 Å². The zero-order valence-electron chi connectivity index (χ0n) is 24.0. The predicted molar refractivity (Wildman–Crippen MR) is 162 cm³/mol. The van der Waals surface area contributed by atoms with Gasteiger partial charge in [-0.25, -0.2) is 13.2 Å². The molecule has 12 heteroatoms. The van der Waals surface area contributed by atoms with Gasteiger partial charge in [-0.15, -0.1) is 11.3 Å². The Bertz CT molecular complexity index is 1790. The van der Waals surface area contributed by atoms with Crippen LogP contribution in [0.1, 0.15) is 38.2 Å². The van der Waals surface area contributed by atoms with Crippen LogP contribution in [0.25, 0.3) is 32.1 Å². The first-order chi connectivity index (χ1) is 20.7. The summed E-state index contributed by atoms with van der Waals surface area (Å²) in [4.78, 5) is 13.7. The molecule has 5 heterocycles. The Hall–Kier alpha value is -3.66. The van der Waals surface area contributed by atoms with Gasteiger partial charge in [0.05, 0.1) is 21.3 Å². The lowest BCUT2D eigenvalue weighted by atomic mass is 9.95. The Morgan fingerprint density at radius 3 is 2.86 bits per heavy atom. The summed E-state index contributed by atoms with van der Waals surface area (Å²) in [7, 11) is 1.93. The molecule has 43 heavy (non-hydrogen) atoms. The van der Waals surface area contributed by atoms with Gasteiger partial charge in [-0.1, -0.05) is 6.07 Å². The number of hydrogen-bond donors (Lipinski definition) is 2. The predicted octanol–water partition coefficient (Wildman–Crippen LogP) is 5.39. The van der Waals surface area contributed by atoms with Crippen molar-refractivity contribution in [2.45, 2.75) is 56.4 Å². The summed E-state index contributed by atoms with van der Waals surface area (Å²) < 4.78 is 51.7. The van der Waals surface area contributed by atoms with E-state index in [1.807, 2.05) is 11.9 Å². The lowest BCUT2D eigenvalue weighted by Gasteiger charge is -2.32. The van der Waals surface area contributed by atoms with E-state index in [1.54, 1.807) is 6.07 Å². The van der Waals surface area contributed by atoms with E-state index < -0.39 is 17.8 Å². The van der Waals surface area contributed by atoms with Crippen molar-refractivity contribution in [1.29, 1.82) is 5.26 Å². The molecule has 3 N–H and O–H groups in total. The molecular weight excluding hydrogens is 575 g/mol. The molecule has 2 unspecified atom stereocenters. The maximum atomic E-state index is 16.0. The molecular formula is C31H32F3N7OS. The molecule has 0 aliphatic carbocycles. The van der Waals surface area contributed by atoms with Gasteiger partial charge in [0, 0.05) is 48.4 Å². The molecule has 4 atom stereocenters. The number of fused-ring (bicyclic) bond motifs is 3. The Kier molecular flexibility index (Phi) is 6.87. The van der Waals surface area contributed by atoms with Crippen molar-refractivity contribution in [1.82, 2.24) is 20.2 Å². The van der Waals surface area contributed by atoms with Crippen molar-refractivity contribution in [2.24, 2.45) is 0 Å². The summed E-state index contributed by atoms with van der Waals surface area (Å²) in [6, 6.07) is 8.21. The number of aromatic nitrogens is 2. The topological polar surface area (TPSA) is 103 Å². The number of nitrogens with two attached hydrogens (primary N) is 1. The van der Waals surface area contributed by atoms with E-state index in [9.17, 15) is 14.0 Å². The van der Waals surface area contributed by atoms with Gasteiger partial charge in [0.1, 0.15) is 41.3 Å². The van der Waals surface area contributed by atoms with Crippen LogP contribution in [0.3, 0.4) is 0 Å². The third-order valence-electron chi connectivity index (χ3n) is 9.51. The van der Waals surface area contributed by atoms with E-state index >= 15 is 4.39 Å². The monoisotopic (exact) mass is 607 g/mol. The Morgan fingerprint density at radius 1 is 1.26 bits per heavy atom. The third kappa shape index (κ3) is 4.56. The quantitative estimate of drug-likeness (QED) is 0.301. The first kappa shape index (κ1) is 28.1. The molecule has 0 amide bonds. The molecule has 2 aromatic carbocycles. The summed E-state index contributed by atoms with van der Waals surface area (Å²) in [5.74, 6) is -0.551. The lowest BCUT2D eigenvalue weighted by molar-refractivity contribution is 0.107. The second-order valence-electron chi connectivity index (χ2n) is 12.0. The second-order valence-corrected chi connectivity index (χ2v) is 13.1. The van der Waals surface area contributed by atoms with Crippen molar-refractivity contribution < 1.29 is 17.9 Å². The van der Waals surface area contributed by atoms with Crippen LogP contribution in [-0.4, -0.2) is 72.0 Å². The van der Waals surface area contributed by atoms with Gasteiger partial charge in [0.2, 0.25) is 0 Å². The number of benzene rings is 2. The fourth-order valence-electron chi connectivity index (χ4n) is 7.36. The van der Waals surface area contributed by atoms with E-state index in [0.29, 0.717) is 35.2 Å². The number of thiophene rings is 1. The normalized spacial score (nSPS) is 25.4. The van der Waals surface area contributed by atoms with Crippen molar-refractivity contribution in [3.63, 3.8) is 0 Å². The van der Waals surface area contributed by atoms with Crippen molar-refractivity contribution in [2.75, 3.05) is 43.9 Å². The molecule has 0 saturated carbocycles. The molecule has 0 bridgehead atoms. The first-order valence-electron chi connectivity index (χ1n) is 14.6. The molecule has 3 saturated heterocycles. The number of anilines is 2. The number of likely N-dealkylation sites (N-methyl/N-ethyl adjacent to an activating group) is 1. The van der Waals surface area contributed by atoms with Crippen LogP contribution in [0.15, 0.2) is 24.3 Å². The van der Waals surface area contributed by atoms with E-state index in [-0.39, 0.29) is 56.5 Å². The molecule has 0 spiro atoms. The summed E-state index contributed by atoms with van der Waals surface area (Å²) in [6.45, 7) is 4.48. The average Bonchev–Trinajstić information content (AvgIpc) is 3.73. The van der Waals surface area contributed by atoms with Crippen LogP contribution in [0.4, 0.5) is 24.0 Å².